The van der Waals surface area contributed by atoms with Crippen molar-refractivity contribution in [1.29, 1.82) is 5.26 Å². The summed E-state index contributed by atoms with van der Waals surface area (Å²) in [5.41, 5.74) is 6.75. The van der Waals surface area contributed by atoms with Crippen molar-refractivity contribution >= 4 is 5.82 Å². The predicted molar refractivity (Wildman–Crippen MR) is 73.9 cm³/mol. The summed E-state index contributed by atoms with van der Waals surface area (Å²) in [4.78, 5) is 2.19. The second-order valence-electron chi connectivity index (χ2n) is 5.57. The van der Waals surface area contributed by atoms with Crippen LogP contribution in [0.25, 0.3) is 0 Å². The van der Waals surface area contributed by atoms with E-state index in [0.29, 0.717) is 18.8 Å². The molecule has 0 unspecified atom stereocenters. The van der Waals surface area contributed by atoms with E-state index in [4.69, 9.17) is 15.7 Å². The van der Waals surface area contributed by atoms with Gasteiger partial charge in [-0.05, 0) is 26.4 Å². The average molecular weight is 279 g/mol. The second-order valence-corrected chi connectivity index (χ2v) is 5.57. The van der Waals surface area contributed by atoms with Crippen molar-refractivity contribution in [2.45, 2.75) is 12.8 Å². The number of anilines is 1. The number of nitrogens with zero attached hydrogens (tertiary/aromatic N) is 3. The Morgan fingerprint density at radius 2 is 2.35 bits per heavy atom. The number of hydrogen-bond acceptors (Lipinski definition) is 6. The topological polar surface area (TPSA) is 111 Å². The Hall–Kier alpha value is -1.62. The van der Waals surface area contributed by atoms with E-state index in [1.54, 1.807) is 0 Å². The molecule has 1 fully saturated rings. The SMILES string of the molecule is CN(CCCc1[nH]nc(N)c1C#N)CC1(CO)COC1. The van der Waals surface area contributed by atoms with Crippen LogP contribution in [-0.2, 0) is 11.2 Å². The van der Waals surface area contributed by atoms with Crippen molar-refractivity contribution in [3.8, 4) is 6.07 Å². The third kappa shape index (κ3) is 3.10. The van der Waals surface area contributed by atoms with Crippen molar-refractivity contribution < 1.29 is 9.84 Å². The van der Waals surface area contributed by atoms with Gasteiger partial charge in [0.2, 0.25) is 0 Å². The van der Waals surface area contributed by atoms with Gasteiger partial charge in [-0.2, -0.15) is 10.4 Å². The van der Waals surface area contributed by atoms with Gasteiger partial charge in [-0.1, -0.05) is 0 Å². The quantitative estimate of drug-likeness (QED) is 0.634. The second kappa shape index (κ2) is 6.22. The summed E-state index contributed by atoms with van der Waals surface area (Å²) in [5, 5.41) is 25.0. The highest BCUT2D eigenvalue weighted by Crippen LogP contribution is 2.27. The van der Waals surface area contributed by atoms with Gasteiger partial charge in [-0.25, -0.2) is 0 Å². The number of aromatic nitrogens is 2. The Kier molecular flexibility index (Phi) is 4.60. The standard InChI is InChI=1S/C13H21N5O2/c1-18(6-13(7-19)8-20-9-13)4-2-3-11-10(5-14)12(15)17-16-11/h19H,2-4,6-9H2,1H3,(H3,15,16,17). The summed E-state index contributed by atoms with van der Waals surface area (Å²) in [6.07, 6.45) is 1.63. The maximum atomic E-state index is 9.39. The van der Waals surface area contributed by atoms with Crippen LogP contribution < -0.4 is 5.73 Å². The number of nitrogens with one attached hydrogen (secondary N) is 1. The fourth-order valence-corrected chi connectivity index (χ4v) is 2.50. The monoisotopic (exact) mass is 279 g/mol. The summed E-state index contributed by atoms with van der Waals surface area (Å²) in [6, 6.07) is 2.07. The number of aliphatic hydroxyl groups excluding tert-OH is 1. The molecule has 0 aliphatic carbocycles. The van der Waals surface area contributed by atoms with Crippen LogP contribution in [0.15, 0.2) is 0 Å². The number of nitrogen functional groups attached to an aromatic ring is 1. The normalized spacial score (nSPS) is 16.9. The Bertz CT molecular complexity index is 484. The van der Waals surface area contributed by atoms with Gasteiger partial charge < -0.3 is 20.5 Å². The van der Waals surface area contributed by atoms with Gasteiger partial charge in [0.05, 0.1) is 30.9 Å². The lowest BCUT2D eigenvalue weighted by Crippen LogP contribution is -2.52. The minimum atomic E-state index is -0.0923. The molecule has 7 nitrogen and oxygen atoms in total. The number of aryl methyl sites for hydroxylation is 1. The third-order valence-corrected chi connectivity index (χ3v) is 3.70. The van der Waals surface area contributed by atoms with Gasteiger partial charge in [0.15, 0.2) is 5.82 Å². The number of nitrogens with two attached hydrogens (primary N) is 1. The van der Waals surface area contributed by atoms with E-state index in [0.717, 1.165) is 31.6 Å². The maximum absolute atomic E-state index is 9.39. The zero-order valence-electron chi connectivity index (χ0n) is 11.7. The van der Waals surface area contributed by atoms with Crippen molar-refractivity contribution in [2.75, 3.05) is 45.7 Å². The first kappa shape index (κ1) is 14.8. The number of ether oxygens (including phenoxy) is 1. The molecule has 0 saturated carbocycles. The summed E-state index contributed by atoms with van der Waals surface area (Å²) in [5.74, 6) is 0.265. The van der Waals surface area contributed by atoms with Crippen molar-refractivity contribution in [2.24, 2.45) is 5.41 Å². The van der Waals surface area contributed by atoms with Crippen LogP contribution in [0.5, 0.6) is 0 Å². The minimum absolute atomic E-state index is 0.0923. The summed E-state index contributed by atoms with van der Waals surface area (Å²) < 4.78 is 5.19. The molecule has 0 amide bonds. The van der Waals surface area contributed by atoms with Gasteiger partial charge in [0.1, 0.15) is 11.6 Å². The molecule has 0 radical (unpaired) electrons. The fourth-order valence-electron chi connectivity index (χ4n) is 2.50. The molecule has 2 heterocycles. The Morgan fingerprint density at radius 1 is 1.60 bits per heavy atom. The predicted octanol–water partition coefficient (Wildman–Crippen LogP) is -0.263. The van der Waals surface area contributed by atoms with Crippen LogP contribution in [0.4, 0.5) is 5.82 Å². The lowest BCUT2D eigenvalue weighted by molar-refractivity contribution is -0.146. The van der Waals surface area contributed by atoms with Gasteiger partial charge in [0.25, 0.3) is 0 Å². The zero-order valence-corrected chi connectivity index (χ0v) is 11.7. The molecule has 7 heteroatoms. The van der Waals surface area contributed by atoms with E-state index >= 15 is 0 Å². The number of aliphatic hydroxyl groups is 1. The van der Waals surface area contributed by atoms with Gasteiger partial charge >= 0.3 is 0 Å². The molecule has 1 aliphatic rings. The smallest absolute Gasteiger partial charge is 0.163 e. The average Bonchev–Trinajstić information content (AvgIpc) is 2.74. The van der Waals surface area contributed by atoms with Crippen LogP contribution in [0.3, 0.4) is 0 Å². The highest BCUT2D eigenvalue weighted by Gasteiger charge is 2.38. The molecule has 1 aromatic rings. The third-order valence-electron chi connectivity index (χ3n) is 3.70. The number of nitriles is 1. The van der Waals surface area contributed by atoms with Gasteiger partial charge in [-0.15, -0.1) is 0 Å². The molecule has 1 aromatic heterocycles. The first-order valence-electron chi connectivity index (χ1n) is 6.70. The molecule has 0 aromatic carbocycles. The van der Waals surface area contributed by atoms with E-state index < -0.39 is 0 Å². The van der Waals surface area contributed by atoms with Crippen molar-refractivity contribution in [1.82, 2.24) is 15.1 Å². The maximum Gasteiger partial charge on any atom is 0.163 e. The highest BCUT2D eigenvalue weighted by molar-refractivity contribution is 5.50. The molecule has 1 aliphatic heterocycles. The Labute approximate surface area is 118 Å². The largest absolute Gasteiger partial charge is 0.396 e. The first-order chi connectivity index (χ1) is 9.60. The number of rotatable bonds is 7. The summed E-state index contributed by atoms with van der Waals surface area (Å²) >= 11 is 0. The fraction of sp³-hybridized carbons (Fsp3) is 0.692. The lowest BCUT2D eigenvalue weighted by atomic mass is 9.86. The summed E-state index contributed by atoms with van der Waals surface area (Å²) in [7, 11) is 2.03. The molecule has 0 bridgehead atoms. The van der Waals surface area contributed by atoms with Gasteiger partial charge in [0, 0.05) is 6.54 Å². The van der Waals surface area contributed by atoms with Crippen LogP contribution in [0, 0.1) is 16.7 Å². The van der Waals surface area contributed by atoms with Crippen LogP contribution in [0.1, 0.15) is 17.7 Å². The van der Waals surface area contributed by atoms with Gasteiger partial charge in [-0.3, -0.25) is 5.10 Å². The molecular formula is C13H21N5O2. The molecule has 4 N–H and O–H groups in total. The van der Waals surface area contributed by atoms with E-state index in [1.165, 1.54) is 0 Å². The lowest BCUT2D eigenvalue weighted by Gasteiger charge is -2.42. The van der Waals surface area contributed by atoms with Crippen molar-refractivity contribution in [3.05, 3.63) is 11.3 Å². The summed E-state index contributed by atoms with van der Waals surface area (Å²) in [6.45, 7) is 3.12. The van der Waals surface area contributed by atoms with E-state index in [-0.39, 0.29) is 17.8 Å². The van der Waals surface area contributed by atoms with Crippen LogP contribution >= 0.6 is 0 Å². The molecule has 0 spiro atoms. The minimum Gasteiger partial charge on any atom is -0.396 e. The first-order valence-corrected chi connectivity index (χ1v) is 6.70. The Balaban J connectivity index is 1.77. The molecule has 20 heavy (non-hydrogen) atoms. The molecule has 110 valence electrons. The molecule has 0 atom stereocenters. The zero-order chi connectivity index (χ0) is 14.6. The van der Waals surface area contributed by atoms with Crippen LogP contribution in [-0.4, -0.2) is 60.2 Å². The Morgan fingerprint density at radius 3 is 2.90 bits per heavy atom. The molecule has 2 rings (SSSR count). The number of H-pyrrole nitrogens is 1. The highest BCUT2D eigenvalue weighted by atomic mass is 16.5. The van der Waals surface area contributed by atoms with E-state index in [2.05, 4.69) is 21.2 Å². The van der Waals surface area contributed by atoms with Crippen LogP contribution in [0.2, 0.25) is 0 Å². The van der Waals surface area contributed by atoms with E-state index in [9.17, 15) is 5.11 Å². The number of aromatic amines is 1. The van der Waals surface area contributed by atoms with E-state index in [1.807, 2.05) is 7.05 Å². The number of hydrogen-bond donors (Lipinski definition) is 3. The molecule has 1 saturated heterocycles. The van der Waals surface area contributed by atoms with Crippen molar-refractivity contribution in [3.63, 3.8) is 0 Å². The molecular weight excluding hydrogens is 258 g/mol.